The lowest BCUT2D eigenvalue weighted by Gasteiger charge is -2.31. The molecule has 2 N–H and O–H groups in total. The summed E-state index contributed by atoms with van der Waals surface area (Å²) >= 11 is 5.88. The van der Waals surface area contributed by atoms with Crippen LogP contribution in [-0.4, -0.2) is 47.5 Å². The minimum absolute atomic E-state index is 0.152. The molecule has 1 aromatic carbocycles. The predicted octanol–water partition coefficient (Wildman–Crippen LogP) is 3.16. The van der Waals surface area contributed by atoms with Crippen LogP contribution in [0.4, 0.5) is 16.2 Å². The van der Waals surface area contributed by atoms with E-state index < -0.39 is 24.4 Å². The monoisotopic (exact) mass is 416 g/mol. The van der Waals surface area contributed by atoms with E-state index in [4.69, 9.17) is 16.3 Å². The standard InChI is InChI=1S/C20H21ClN4O4/c21-18-16(9-4-10-22-18)24-17(26)13-29-19(27)14-6-5-11-25(12-14)20(28)23-15-7-2-1-3-8-15/h1-4,7-10,14H,5-6,11-13H2,(H,23,28)(H,24,26). The van der Waals surface area contributed by atoms with Crippen LogP contribution < -0.4 is 10.6 Å². The Morgan fingerprint density at radius 1 is 1.14 bits per heavy atom. The summed E-state index contributed by atoms with van der Waals surface area (Å²) in [5, 5.41) is 5.50. The Balaban J connectivity index is 1.47. The number of para-hydroxylation sites is 1. The van der Waals surface area contributed by atoms with Gasteiger partial charge in [-0.3, -0.25) is 9.59 Å². The van der Waals surface area contributed by atoms with Gasteiger partial charge in [-0.1, -0.05) is 29.8 Å². The molecule has 8 nitrogen and oxygen atoms in total. The summed E-state index contributed by atoms with van der Waals surface area (Å²) in [6.07, 6.45) is 2.78. The topological polar surface area (TPSA) is 101 Å². The zero-order chi connectivity index (χ0) is 20.6. The van der Waals surface area contributed by atoms with Crippen LogP contribution in [0.5, 0.6) is 0 Å². The number of carbonyl (C=O) groups is 3. The summed E-state index contributed by atoms with van der Waals surface area (Å²) in [4.78, 5) is 42.2. The number of aromatic nitrogens is 1. The van der Waals surface area contributed by atoms with Gasteiger partial charge in [0, 0.05) is 25.0 Å². The molecule has 1 fully saturated rings. The fraction of sp³-hybridized carbons (Fsp3) is 0.300. The van der Waals surface area contributed by atoms with Crippen molar-refractivity contribution in [2.75, 3.05) is 30.3 Å². The van der Waals surface area contributed by atoms with Crippen molar-refractivity contribution >= 4 is 40.9 Å². The average Bonchev–Trinajstić information content (AvgIpc) is 2.74. The van der Waals surface area contributed by atoms with E-state index >= 15 is 0 Å². The first-order chi connectivity index (χ1) is 14.0. The Kier molecular flexibility index (Phi) is 7.02. The summed E-state index contributed by atoms with van der Waals surface area (Å²) in [5.41, 5.74) is 1.03. The molecular weight excluding hydrogens is 396 g/mol. The van der Waals surface area contributed by atoms with Crippen molar-refractivity contribution in [3.05, 3.63) is 53.8 Å². The molecular formula is C20H21ClN4O4. The number of esters is 1. The molecule has 152 valence electrons. The van der Waals surface area contributed by atoms with Gasteiger partial charge in [0.25, 0.3) is 5.91 Å². The van der Waals surface area contributed by atoms with Crippen LogP contribution in [0.25, 0.3) is 0 Å². The van der Waals surface area contributed by atoms with Gasteiger partial charge in [0.2, 0.25) is 0 Å². The summed E-state index contributed by atoms with van der Waals surface area (Å²) < 4.78 is 5.13. The lowest BCUT2D eigenvalue weighted by Crippen LogP contribution is -2.45. The quantitative estimate of drug-likeness (QED) is 0.576. The Hall–Kier alpha value is -3.13. The van der Waals surface area contributed by atoms with E-state index in [2.05, 4.69) is 15.6 Å². The van der Waals surface area contributed by atoms with Crippen LogP contribution in [0, 0.1) is 5.92 Å². The molecule has 0 bridgehead atoms. The average molecular weight is 417 g/mol. The molecule has 2 aromatic rings. The van der Waals surface area contributed by atoms with Crippen LogP contribution >= 0.6 is 11.6 Å². The SMILES string of the molecule is O=C(COC(=O)C1CCCN(C(=O)Nc2ccccc2)C1)Nc1cccnc1Cl. The number of urea groups is 1. The molecule has 3 rings (SSSR count). The molecule has 0 spiro atoms. The molecule has 0 saturated carbocycles. The molecule has 3 amide bonds. The first kappa shape index (κ1) is 20.6. The second kappa shape index (κ2) is 9.88. The van der Waals surface area contributed by atoms with Gasteiger partial charge in [0.05, 0.1) is 11.6 Å². The van der Waals surface area contributed by atoms with Gasteiger partial charge in [0.15, 0.2) is 11.8 Å². The minimum Gasteiger partial charge on any atom is -0.455 e. The number of hydrogen-bond donors (Lipinski definition) is 2. The Bertz CT molecular complexity index is 878. The van der Waals surface area contributed by atoms with Gasteiger partial charge >= 0.3 is 12.0 Å². The number of ether oxygens (including phenoxy) is 1. The van der Waals surface area contributed by atoms with Crippen LogP contribution in [0.2, 0.25) is 5.15 Å². The lowest BCUT2D eigenvalue weighted by molar-refractivity contribution is -0.152. The highest BCUT2D eigenvalue weighted by Gasteiger charge is 2.30. The Morgan fingerprint density at radius 3 is 2.69 bits per heavy atom. The third-order valence-corrected chi connectivity index (χ3v) is 4.75. The number of rotatable bonds is 5. The number of likely N-dealkylation sites (tertiary alicyclic amines) is 1. The van der Waals surface area contributed by atoms with Crippen LogP contribution in [-0.2, 0) is 14.3 Å². The highest BCUT2D eigenvalue weighted by Crippen LogP contribution is 2.20. The normalized spacial score (nSPS) is 16.0. The first-order valence-electron chi connectivity index (χ1n) is 9.21. The third kappa shape index (κ3) is 5.92. The fourth-order valence-electron chi connectivity index (χ4n) is 3.00. The molecule has 1 aromatic heterocycles. The molecule has 1 unspecified atom stereocenters. The van der Waals surface area contributed by atoms with E-state index in [1.807, 2.05) is 18.2 Å². The number of amides is 3. The van der Waals surface area contributed by atoms with Crippen molar-refractivity contribution in [2.45, 2.75) is 12.8 Å². The summed E-state index contributed by atoms with van der Waals surface area (Å²) in [5.74, 6) is -1.49. The number of nitrogens with zero attached hydrogens (tertiary/aromatic N) is 2. The maximum atomic E-state index is 12.4. The number of carbonyl (C=O) groups excluding carboxylic acids is 3. The number of benzene rings is 1. The van der Waals surface area contributed by atoms with Gasteiger partial charge in [-0.2, -0.15) is 0 Å². The number of anilines is 2. The van der Waals surface area contributed by atoms with Crippen molar-refractivity contribution < 1.29 is 19.1 Å². The Morgan fingerprint density at radius 2 is 1.93 bits per heavy atom. The highest BCUT2D eigenvalue weighted by molar-refractivity contribution is 6.32. The molecule has 1 atom stereocenters. The smallest absolute Gasteiger partial charge is 0.321 e. The van der Waals surface area contributed by atoms with Crippen molar-refractivity contribution in [1.82, 2.24) is 9.88 Å². The molecule has 9 heteroatoms. The first-order valence-corrected chi connectivity index (χ1v) is 9.58. The molecule has 1 aliphatic heterocycles. The number of hydrogen-bond acceptors (Lipinski definition) is 5. The summed E-state index contributed by atoms with van der Waals surface area (Å²) in [7, 11) is 0. The number of nitrogens with one attached hydrogen (secondary N) is 2. The molecule has 1 saturated heterocycles. The summed E-state index contributed by atoms with van der Waals surface area (Å²) in [6, 6.07) is 12.1. The maximum absolute atomic E-state index is 12.4. The largest absolute Gasteiger partial charge is 0.455 e. The predicted molar refractivity (Wildman–Crippen MR) is 109 cm³/mol. The zero-order valence-corrected chi connectivity index (χ0v) is 16.4. The van der Waals surface area contributed by atoms with E-state index in [-0.39, 0.29) is 17.7 Å². The number of piperidine rings is 1. The lowest BCUT2D eigenvalue weighted by atomic mass is 9.98. The van der Waals surface area contributed by atoms with Crippen molar-refractivity contribution in [3.63, 3.8) is 0 Å². The third-order valence-electron chi connectivity index (χ3n) is 4.45. The van der Waals surface area contributed by atoms with Crippen LogP contribution in [0.3, 0.4) is 0 Å². The van der Waals surface area contributed by atoms with Crippen LogP contribution in [0.1, 0.15) is 12.8 Å². The second-order valence-electron chi connectivity index (χ2n) is 6.58. The minimum atomic E-state index is -0.511. The zero-order valence-electron chi connectivity index (χ0n) is 15.6. The molecule has 29 heavy (non-hydrogen) atoms. The van der Waals surface area contributed by atoms with Gasteiger partial charge in [-0.05, 0) is 37.1 Å². The number of pyridine rings is 1. The van der Waals surface area contributed by atoms with Gasteiger partial charge < -0.3 is 20.3 Å². The van der Waals surface area contributed by atoms with Gasteiger partial charge in [-0.25, -0.2) is 9.78 Å². The van der Waals surface area contributed by atoms with Crippen molar-refractivity contribution in [1.29, 1.82) is 0 Å². The van der Waals surface area contributed by atoms with Crippen LogP contribution in [0.15, 0.2) is 48.7 Å². The molecule has 2 heterocycles. The van der Waals surface area contributed by atoms with Gasteiger partial charge in [0.1, 0.15) is 0 Å². The summed E-state index contributed by atoms with van der Waals surface area (Å²) in [6.45, 7) is 0.368. The second-order valence-corrected chi connectivity index (χ2v) is 6.94. The highest BCUT2D eigenvalue weighted by atomic mass is 35.5. The Labute approximate surface area is 173 Å². The van der Waals surface area contributed by atoms with E-state index in [1.54, 1.807) is 29.2 Å². The van der Waals surface area contributed by atoms with E-state index in [9.17, 15) is 14.4 Å². The van der Waals surface area contributed by atoms with Crippen molar-refractivity contribution in [2.24, 2.45) is 5.92 Å². The van der Waals surface area contributed by atoms with E-state index in [1.165, 1.54) is 6.20 Å². The van der Waals surface area contributed by atoms with E-state index in [0.29, 0.717) is 30.8 Å². The maximum Gasteiger partial charge on any atom is 0.321 e. The van der Waals surface area contributed by atoms with Crippen molar-refractivity contribution in [3.8, 4) is 0 Å². The number of halogens is 1. The molecule has 0 aliphatic carbocycles. The van der Waals surface area contributed by atoms with Gasteiger partial charge in [-0.15, -0.1) is 0 Å². The fourth-order valence-corrected chi connectivity index (χ4v) is 3.16. The molecule has 0 radical (unpaired) electrons. The molecule has 1 aliphatic rings. The van der Waals surface area contributed by atoms with E-state index in [0.717, 1.165) is 0 Å².